The predicted molar refractivity (Wildman–Crippen MR) is 114 cm³/mol. The van der Waals surface area contributed by atoms with E-state index in [9.17, 15) is 5.11 Å². The fourth-order valence-corrected chi connectivity index (χ4v) is 2.53. The molecule has 8 nitrogen and oxygen atoms in total. The molecule has 1 aromatic carbocycles. The summed E-state index contributed by atoms with van der Waals surface area (Å²) < 4.78 is 5.76. The number of nitrogens with zero attached hydrogens (tertiary/aromatic N) is 4. The van der Waals surface area contributed by atoms with Crippen molar-refractivity contribution in [2.45, 2.75) is 26.7 Å². The van der Waals surface area contributed by atoms with Gasteiger partial charge in [0.25, 0.3) is 0 Å². The molecule has 152 valence electrons. The summed E-state index contributed by atoms with van der Waals surface area (Å²) in [5, 5.41) is 16.6. The molecule has 0 aliphatic heterocycles. The number of likely N-dealkylation sites (N-methyl/N-ethyl adjacent to an activating group) is 1. The van der Waals surface area contributed by atoms with E-state index in [1.54, 1.807) is 36.5 Å². The van der Waals surface area contributed by atoms with Crippen LogP contribution in [-0.4, -0.2) is 54.6 Å². The van der Waals surface area contributed by atoms with E-state index in [2.05, 4.69) is 44.6 Å². The largest absolute Gasteiger partial charge is 0.508 e. The molecule has 28 heavy (non-hydrogen) atoms. The molecule has 0 fully saturated rings. The molecule has 3 N–H and O–H groups in total. The van der Waals surface area contributed by atoms with Crippen LogP contribution in [0.15, 0.2) is 35.4 Å². The summed E-state index contributed by atoms with van der Waals surface area (Å²) in [6.45, 7) is 7.31. The smallest absolute Gasteiger partial charge is 0.229 e. The molecule has 0 atom stereocenters. The summed E-state index contributed by atoms with van der Waals surface area (Å²) in [5.41, 5.74) is 4.36. The molecule has 0 radical (unpaired) electrons. The number of phenols is 1. The van der Waals surface area contributed by atoms with E-state index in [4.69, 9.17) is 4.74 Å². The summed E-state index contributed by atoms with van der Waals surface area (Å²) in [4.78, 5) is 11.4. The lowest BCUT2D eigenvalue weighted by Gasteiger charge is -2.22. The Kier molecular flexibility index (Phi) is 9.00. The summed E-state index contributed by atoms with van der Waals surface area (Å²) in [5.74, 6) is 1.39. The van der Waals surface area contributed by atoms with E-state index < -0.39 is 0 Å². The van der Waals surface area contributed by atoms with Crippen LogP contribution >= 0.6 is 0 Å². The van der Waals surface area contributed by atoms with Crippen LogP contribution in [0.25, 0.3) is 0 Å². The monoisotopic (exact) mass is 386 g/mol. The van der Waals surface area contributed by atoms with Gasteiger partial charge in [-0.25, -0.2) is 4.98 Å². The number of ether oxygens (including phenoxy) is 1. The first-order valence-electron chi connectivity index (χ1n) is 9.65. The second-order valence-corrected chi connectivity index (χ2v) is 6.29. The van der Waals surface area contributed by atoms with Crippen molar-refractivity contribution in [3.05, 3.63) is 36.0 Å². The molecule has 0 unspecified atom stereocenters. The lowest BCUT2D eigenvalue weighted by molar-refractivity contribution is 0.306. The van der Waals surface area contributed by atoms with Crippen LogP contribution in [0.5, 0.6) is 11.6 Å². The van der Waals surface area contributed by atoms with Gasteiger partial charge in [-0.05, 0) is 44.2 Å². The van der Waals surface area contributed by atoms with Gasteiger partial charge >= 0.3 is 0 Å². The summed E-state index contributed by atoms with van der Waals surface area (Å²) in [7, 11) is 1.88. The van der Waals surface area contributed by atoms with Crippen molar-refractivity contribution in [3.8, 4) is 11.6 Å². The van der Waals surface area contributed by atoms with Gasteiger partial charge in [0.1, 0.15) is 12.4 Å². The number of hydrogen-bond donors (Lipinski definition) is 3. The maximum atomic E-state index is 9.34. The summed E-state index contributed by atoms with van der Waals surface area (Å²) in [6, 6.07) is 8.46. The van der Waals surface area contributed by atoms with Gasteiger partial charge in [-0.3, -0.25) is 5.43 Å². The normalized spacial score (nSPS) is 11.0. The molecule has 8 heteroatoms. The first kappa shape index (κ1) is 21.4. The topological polar surface area (TPSA) is 94.9 Å². The van der Waals surface area contributed by atoms with E-state index in [-0.39, 0.29) is 5.75 Å². The van der Waals surface area contributed by atoms with Crippen molar-refractivity contribution < 1.29 is 9.84 Å². The van der Waals surface area contributed by atoms with Crippen LogP contribution in [0.4, 0.5) is 11.6 Å². The van der Waals surface area contributed by atoms with Crippen molar-refractivity contribution >= 4 is 17.9 Å². The Bertz CT molecular complexity index is 730. The van der Waals surface area contributed by atoms with Gasteiger partial charge in [0.05, 0.1) is 17.6 Å². The molecule has 0 aliphatic carbocycles. The van der Waals surface area contributed by atoms with Crippen molar-refractivity contribution in [1.82, 2.24) is 15.3 Å². The highest BCUT2D eigenvalue weighted by molar-refractivity contribution is 5.78. The third-order valence-corrected chi connectivity index (χ3v) is 3.84. The molecular formula is C20H30N6O2. The molecule has 0 aliphatic rings. The Labute approximate surface area is 166 Å². The van der Waals surface area contributed by atoms with Gasteiger partial charge in [-0.2, -0.15) is 10.1 Å². The number of anilines is 2. The van der Waals surface area contributed by atoms with Crippen molar-refractivity contribution in [1.29, 1.82) is 0 Å². The maximum absolute atomic E-state index is 9.34. The highest BCUT2D eigenvalue weighted by Gasteiger charge is 2.11. The van der Waals surface area contributed by atoms with E-state index in [1.807, 2.05) is 7.05 Å². The van der Waals surface area contributed by atoms with Crippen molar-refractivity contribution in [3.63, 3.8) is 0 Å². The average Bonchev–Trinajstić information content (AvgIpc) is 2.69. The lowest BCUT2D eigenvalue weighted by Crippen LogP contribution is -2.27. The number of nitrogens with one attached hydrogen (secondary N) is 2. The number of hydrogen-bond acceptors (Lipinski definition) is 8. The molecule has 0 amide bonds. The Morgan fingerprint density at radius 3 is 2.50 bits per heavy atom. The molecule has 0 spiro atoms. The zero-order valence-corrected chi connectivity index (χ0v) is 16.9. The van der Waals surface area contributed by atoms with Gasteiger partial charge in [-0.1, -0.05) is 13.8 Å². The fraction of sp³-hybridized carbons (Fsp3) is 0.450. The molecule has 1 heterocycles. The molecule has 0 saturated carbocycles. The van der Waals surface area contributed by atoms with Crippen LogP contribution < -0.4 is 20.4 Å². The minimum atomic E-state index is 0.213. The first-order valence-corrected chi connectivity index (χ1v) is 9.65. The van der Waals surface area contributed by atoms with E-state index in [1.165, 1.54) is 0 Å². The van der Waals surface area contributed by atoms with E-state index >= 15 is 0 Å². The molecule has 0 bridgehead atoms. The predicted octanol–water partition coefficient (Wildman–Crippen LogP) is 2.85. The van der Waals surface area contributed by atoms with Gasteiger partial charge in [-0.15, -0.1) is 0 Å². The minimum absolute atomic E-state index is 0.213. The highest BCUT2D eigenvalue weighted by Crippen LogP contribution is 2.17. The summed E-state index contributed by atoms with van der Waals surface area (Å²) in [6.07, 6.45) is 3.67. The Balaban J connectivity index is 2.19. The van der Waals surface area contributed by atoms with Crippen LogP contribution in [0, 0.1) is 0 Å². The standard InChI is InChI=1S/C20H30N6O2/c1-4-11-26(12-5-2)20-23-17(14-19(24-20)28-13-10-21-3)15-22-25-16-6-8-18(27)9-7-16/h6-9,14-15,21,25,27H,4-5,10-13H2,1-3H3/b22-15+. The minimum Gasteiger partial charge on any atom is -0.508 e. The van der Waals surface area contributed by atoms with Crippen molar-refractivity contribution in [2.24, 2.45) is 5.10 Å². The number of rotatable bonds is 12. The Morgan fingerprint density at radius 1 is 1.14 bits per heavy atom. The number of benzene rings is 1. The molecule has 2 rings (SSSR count). The maximum Gasteiger partial charge on any atom is 0.229 e. The van der Waals surface area contributed by atoms with Gasteiger partial charge in [0, 0.05) is 25.7 Å². The number of aromatic hydroxyl groups is 1. The van der Waals surface area contributed by atoms with Crippen LogP contribution in [-0.2, 0) is 0 Å². The highest BCUT2D eigenvalue weighted by atomic mass is 16.5. The Morgan fingerprint density at radius 2 is 1.86 bits per heavy atom. The average molecular weight is 387 g/mol. The van der Waals surface area contributed by atoms with Gasteiger partial charge in [0.2, 0.25) is 11.8 Å². The third-order valence-electron chi connectivity index (χ3n) is 3.84. The molecule has 1 aromatic heterocycles. The van der Waals surface area contributed by atoms with Crippen LogP contribution in [0.3, 0.4) is 0 Å². The van der Waals surface area contributed by atoms with E-state index in [0.29, 0.717) is 24.1 Å². The zero-order valence-electron chi connectivity index (χ0n) is 16.9. The number of hydrazone groups is 1. The fourth-order valence-electron chi connectivity index (χ4n) is 2.53. The molecular weight excluding hydrogens is 356 g/mol. The summed E-state index contributed by atoms with van der Waals surface area (Å²) >= 11 is 0. The Hall–Kier alpha value is -2.87. The second kappa shape index (κ2) is 11.8. The second-order valence-electron chi connectivity index (χ2n) is 6.29. The molecule has 2 aromatic rings. The number of phenolic OH excluding ortho intramolecular Hbond substituents is 1. The van der Waals surface area contributed by atoms with Gasteiger partial charge < -0.3 is 20.1 Å². The zero-order chi connectivity index (χ0) is 20.2. The molecule has 0 saturated heterocycles. The van der Waals surface area contributed by atoms with Gasteiger partial charge in [0.15, 0.2) is 0 Å². The third kappa shape index (κ3) is 7.03. The van der Waals surface area contributed by atoms with Crippen LogP contribution in [0.1, 0.15) is 32.4 Å². The first-order chi connectivity index (χ1) is 13.7. The van der Waals surface area contributed by atoms with E-state index in [0.717, 1.165) is 38.2 Å². The SMILES string of the molecule is CCCN(CCC)c1nc(/C=N/Nc2ccc(O)cc2)cc(OCCNC)n1. The lowest BCUT2D eigenvalue weighted by atomic mass is 10.3. The van der Waals surface area contributed by atoms with Crippen molar-refractivity contribution in [2.75, 3.05) is 43.6 Å². The number of aromatic nitrogens is 2. The quantitative estimate of drug-likeness (QED) is 0.223. The van der Waals surface area contributed by atoms with Crippen LogP contribution in [0.2, 0.25) is 0 Å².